The number of hydrogen-bond acceptors (Lipinski definition) is 5. The standard InChI is InChI=1S/C15H11F3O5S/c1-10(19)11-3-2-4-13(9-11)23-24(20,21)14-7-5-12(6-8-14)22-15(16,17)18/h2-9H,1H3. The molecule has 0 atom stereocenters. The first kappa shape index (κ1) is 17.8. The van der Waals surface area contributed by atoms with Crippen LogP contribution < -0.4 is 8.92 Å². The third-order valence-corrected chi connectivity index (χ3v) is 4.05. The molecule has 0 radical (unpaired) electrons. The smallest absolute Gasteiger partial charge is 0.406 e. The molecule has 0 saturated carbocycles. The van der Waals surface area contributed by atoms with Crippen LogP contribution in [0.4, 0.5) is 13.2 Å². The van der Waals surface area contributed by atoms with Crippen molar-refractivity contribution in [2.75, 3.05) is 0 Å². The molecular weight excluding hydrogens is 349 g/mol. The Morgan fingerprint density at radius 3 is 2.17 bits per heavy atom. The maximum Gasteiger partial charge on any atom is 0.573 e. The Bertz CT molecular complexity index is 842. The predicted molar refractivity (Wildman–Crippen MR) is 77.4 cm³/mol. The van der Waals surface area contributed by atoms with Gasteiger partial charge < -0.3 is 8.92 Å². The largest absolute Gasteiger partial charge is 0.573 e. The molecule has 0 saturated heterocycles. The molecule has 0 amide bonds. The van der Waals surface area contributed by atoms with Crippen molar-refractivity contribution < 1.29 is 35.3 Å². The number of alkyl halides is 3. The van der Waals surface area contributed by atoms with E-state index in [2.05, 4.69) is 4.74 Å². The Kier molecular flexibility index (Phi) is 4.83. The highest BCUT2D eigenvalue weighted by molar-refractivity contribution is 7.87. The Balaban J connectivity index is 2.21. The van der Waals surface area contributed by atoms with Gasteiger partial charge in [-0.2, -0.15) is 8.42 Å². The van der Waals surface area contributed by atoms with Crippen LogP contribution in [0.15, 0.2) is 53.4 Å². The van der Waals surface area contributed by atoms with Gasteiger partial charge in [0.05, 0.1) is 0 Å². The Morgan fingerprint density at radius 2 is 1.62 bits per heavy atom. The van der Waals surface area contributed by atoms with Crippen molar-refractivity contribution in [3.63, 3.8) is 0 Å². The summed E-state index contributed by atoms with van der Waals surface area (Å²) in [5.74, 6) is -0.912. The molecule has 2 aromatic carbocycles. The average Bonchev–Trinajstić information content (AvgIpc) is 2.46. The fourth-order valence-electron chi connectivity index (χ4n) is 1.75. The van der Waals surface area contributed by atoms with Crippen molar-refractivity contribution in [2.45, 2.75) is 18.2 Å². The Morgan fingerprint density at radius 1 is 1.00 bits per heavy atom. The van der Waals surface area contributed by atoms with Gasteiger partial charge in [-0.25, -0.2) is 0 Å². The van der Waals surface area contributed by atoms with Gasteiger partial charge in [0.25, 0.3) is 0 Å². The van der Waals surface area contributed by atoms with E-state index in [0.29, 0.717) is 0 Å². The van der Waals surface area contributed by atoms with E-state index in [1.165, 1.54) is 31.2 Å². The van der Waals surface area contributed by atoms with Crippen molar-refractivity contribution in [3.8, 4) is 11.5 Å². The topological polar surface area (TPSA) is 69.7 Å². The number of ketones is 1. The van der Waals surface area contributed by atoms with Crippen LogP contribution in [0.2, 0.25) is 0 Å². The van der Waals surface area contributed by atoms with Crippen LogP contribution in [0.25, 0.3) is 0 Å². The van der Waals surface area contributed by atoms with Crippen LogP contribution in [-0.4, -0.2) is 20.6 Å². The van der Waals surface area contributed by atoms with Crippen molar-refractivity contribution >= 4 is 15.9 Å². The number of carbonyl (C=O) groups is 1. The van der Waals surface area contributed by atoms with Gasteiger partial charge in [-0.1, -0.05) is 12.1 Å². The van der Waals surface area contributed by atoms with Crippen LogP contribution >= 0.6 is 0 Å². The molecule has 24 heavy (non-hydrogen) atoms. The van der Waals surface area contributed by atoms with E-state index >= 15 is 0 Å². The second-order valence-electron chi connectivity index (χ2n) is 4.64. The SMILES string of the molecule is CC(=O)c1cccc(OS(=O)(=O)c2ccc(OC(F)(F)F)cc2)c1. The quantitative estimate of drug-likeness (QED) is 0.602. The first-order valence-electron chi connectivity index (χ1n) is 6.48. The van der Waals surface area contributed by atoms with Gasteiger partial charge in [-0.3, -0.25) is 4.79 Å². The minimum atomic E-state index is -4.87. The molecule has 128 valence electrons. The minimum Gasteiger partial charge on any atom is -0.406 e. The fraction of sp³-hybridized carbons (Fsp3) is 0.133. The molecule has 2 aromatic rings. The van der Waals surface area contributed by atoms with Crippen molar-refractivity contribution in [2.24, 2.45) is 0 Å². The lowest BCUT2D eigenvalue weighted by Gasteiger charge is -2.10. The number of carbonyl (C=O) groups excluding carboxylic acids is 1. The molecule has 0 bridgehead atoms. The first-order valence-corrected chi connectivity index (χ1v) is 7.89. The molecule has 2 rings (SSSR count). The van der Waals surface area contributed by atoms with Gasteiger partial charge in [0.2, 0.25) is 0 Å². The Labute approximate surface area is 135 Å². The molecule has 0 aliphatic carbocycles. The number of hydrogen-bond donors (Lipinski definition) is 0. The average molecular weight is 360 g/mol. The maximum absolute atomic E-state index is 12.1. The summed E-state index contributed by atoms with van der Waals surface area (Å²) in [6, 6.07) is 9.08. The summed E-state index contributed by atoms with van der Waals surface area (Å²) in [6.07, 6.45) is -4.87. The molecule has 0 spiro atoms. The minimum absolute atomic E-state index is 0.0849. The maximum atomic E-state index is 12.1. The summed E-state index contributed by atoms with van der Waals surface area (Å²) >= 11 is 0. The van der Waals surface area contributed by atoms with Gasteiger partial charge in [0.15, 0.2) is 5.78 Å². The van der Waals surface area contributed by atoms with Crippen molar-refractivity contribution in [3.05, 3.63) is 54.1 Å². The third kappa shape index (κ3) is 4.72. The van der Waals surface area contributed by atoms with Crippen LogP contribution in [-0.2, 0) is 10.1 Å². The number of benzene rings is 2. The summed E-state index contributed by atoms with van der Waals surface area (Å²) < 4.78 is 69.0. The number of halogens is 3. The number of Topliss-reactive ketones (excluding diaryl/α,β-unsaturated/α-hetero) is 1. The monoisotopic (exact) mass is 360 g/mol. The highest BCUT2D eigenvalue weighted by Gasteiger charge is 2.31. The molecule has 0 aromatic heterocycles. The Hall–Kier alpha value is -2.55. The van der Waals surface area contributed by atoms with Crippen molar-refractivity contribution in [1.29, 1.82) is 0 Å². The van der Waals surface area contributed by atoms with Crippen LogP contribution in [0.5, 0.6) is 11.5 Å². The van der Waals surface area contributed by atoms with Gasteiger partial charge in [0, 0.05) is 5.56 Å². The highest BCUT2D eigenvalue weighted by Crippen LogP contribution is 2.25. The van der Waals surface area contributed by atoms with Crippen molar-refractivity contribution in [1.82, 2.24) is 0 Å². The second-order valence-corrected chi connectivity index (χ2v) is 6.19. The molecule has 0 unspecified atom stereocenters. The fourth-order valence-corrected chi connectivity index (χ4v) is 2.67. The lowest BCUT2D eigenvalue weighted by Crippen LogP contribution is -2.17. The molecule has 0 heterocycles. The molecule has 0 fully saturated rings. The normalized spacial score (nSPS) is 11.8. The summed E-state index contributed by atoms with van der Waals surface area (Å²) in [4.78, 5) is 10.9. The van der Waals surface area contributed by atoms with Gasteiger partial charge >= 0.3 is 16.5 Å². The zero-order valence-electron chi connectivity index (χ0n) is 12.2. The van der Waals surface area contributed by atoms with Crippen LogP contribution in [0, 0.1) is 0 Å². The van der Waals surface area contributed by atoms with Gasteiger partial charge in [-0.05, 0) is 43.3 Å². The lowest BCUT2D eigenvalue weighted by atomic mass is 10.1. The second kappa shape index (κ2) is 6.52. The van der Waals surface area contributed by atoms with Crippen LogP contribution in [0.3, 0.4) is 0 Å². The van der Waals surface area contributed by atoms with Gasteiger partial charge in [-0.15, -0.1) is 13.2 Å². The van der Waals surface area contributed by atoms with Gasteiger partial charge in [0.1, 0.15) is 16.4 Å². The van der Waals surface area contributed by atoms with E-state index in [9.17, 15) is 26.4 Å². The lowest BCUT2D eigenvalue weighted by molar-refractivity contribution is -0.274. The molecule has 0 N–H and O–H groups in total. The predicted octanol–water partition coefficient (Wildman–Crippen LogP) is 3.56. The van der Waals surface area contributed by atoms with E-state index < -0.39 is 22.2 Å². The summed E-state index contributed by atoms with van der Waals surface area (Å²) in [5, 5.41) is 0. The van der Waals surface area contributed by atoms with E-state index in [1.807, 2.05) is 0 Å². The molecule has 0 aliphatic rings. The molecule has 0 aliphatic heterocycles. The molecule has 9 heteroatoms. The van der Waals surface area contributed by atoms with Crippen LogP contribution in [0.1, 0.15) is 17.3 Å². The first-order chi connectivity index (χ1) is 11.1. The third-order valence-electron chi connectivity index (χ3n) is 2.79. The van der Waals surface area contributed by atoms with E-state index in [0.717, 1.165) is 24.3 Å². The summed E-state index contributed by atoms with van der Waals surface area (Å²) in [5.41, 5.74) is 0.261. The summed E-state index contributed by atoms with van der Waals surface area (Å²) in [6.45, 7) is 1.31. The number of ether oxygens (including phenoxy) is 1. The zero-order valence-corrected chi connectivity index (χ0v) is 13.0. The van der Waals surface area contributed by atoms with E-state index in [-0.39, 0.29) is 22.0 Å². The highest BCUT2D eigenvalue weighted by atomic mass is 32.2. The zero-order chi connectivity index (χ0) is 18.0. The molecule has 5 nitrogen and oxygen atoms in total. The summed E-state index contributed by atoms with van der Waals surface area (Å²) in [7, 11) is -4.26. The molecular formula is C15H11F3O5S. The van der Waals surface area contributed by atoms with E-state index in [4.69, 9.17) is 4.18 Å². The number of rotatable bonds is 5. The van der Waals surface area contributed by atoms with E-state index in [1.54, 1.807) is 0 Å².